The molecular formula is C15H20O3. The van der Waals surface area contributed by atoms with E-state index < -0.39 is 6.10 Å². The van der Waals surface area contributed by atoms with Gasteiger partial charge in [0.2, 0.25) is 0 Å². The molecule has 0 aromatic heterocycles. The Morgan fingerprint density at radius 2 is 2.17 bits per heavy atom. The van der Waals surface area contributed by atoms with Gasteiger partial charge in [-0.2, -0.15) is 0 Å². The van der Waals surface area contributed by atoms with Crippen molar-refractivity contribution in [3.05, 3.63) is 29.3 Å². The molecular weight excluding hydrogens is 228 g/mol. The molecule has 3 nitrogen and oxygen atoms in total. The van der Waals surface area contributed by atoms with Crippen molar-refractivity contribution in [3.8, 4) is 5.75 Å². The van der Waals surface area contributed by atoms with Crippen LogP contribution in [0, 0.1) is 12.8 Å². The molecule has 1 N–H and O–H groups in total. The van der Waals surface area contributed by atoms with Crippen LogP contribution < -0.4 is 4.74 Å². The van der Waals surface area contributed by atoms with E-state index in [1.165, 1.54) is 0 Å². The second kappa shape index (κ2) is 5.53. The highest BCUT2D eigenvalue weighted by Gasteiger charge is 2.30. The predicted octanol–water partition coefficient (Wildman–Crippen LogP) is 2.80. The summed E-state index contributed by atoms with van der Waals surface area (Å²) in [7, 11) is 1.62. The predicted molar refractivity (Wildman–Crippen MR) is 69.7 cm³/mol. The molecule has 0 saturated heterocycles. The number of methoxy groups -OCH3 is 1. The highest BCUT2D eigenvalue weighted by Crippen LogP contribution is 2.34. The molecule has 1 aliphatic rings. The standard InChI is InChI=1S/C15H20O3/c1-10-7-8-11(9-14(10)18-2)15(17)12-5-3-4-6-13(12)16/h7-9,12,15,17H,3-6H2,1-2H3. The highest BCUT2D eigenvalue weighted by atomic mass is 16.5. The first-order chi connectivity index (χ1) is 8.63. The van der Waals surface area contributed by atoms with Crippen LogP contribution in [0.15, 0.2) is 18.2 Å². The molecule has 1 aromatic carbocycles. The number of aryl methyl sites for hydroxylation is 1. The zero-order valence-corrected chi connectivity index (χ0v) is 11.0. The smallest absolute Gasteiger partial charge is 0.138 e. The topological polar surface area (TPSA) is 46.5 Å². The van der Waals surface area contributed by atoms with Gasteiger partial charge in [0.25, 0.3) is 0 Å². The molecule has 98 valence electrons. The van der Waals surface area contributed by atoms with E-state index >= 15 is 0 Å². The van der Waals surface area contributed by atoms with E-state index in [9.17, 15) is 9.90 Å². The molecule has 1 saturated carbocycles. The number of ketones is 1. The van der Waals surface area contributed by atoms with Gasteiger partial charge in [-0.3, -0.25) is 4.79 Å². The number of aliphatic hydroxyl groups excluding tert-OH is 1. The summed E-state index contributed by atoms with van der Waals surface area (Å²) in [4.78, 5) is 11.8. The van der Waals surface area contributed by atoms with Crippen LogP contribution in [0.25, 0.3) is 0 Å². The molecule has 1 aliphatic carbocycles. The maximum atomic E-state index is 11.8. The fourth-order valence-electron chi connectivity index (χ4n) is 2.60. The van der Waals surface area contributed by atoms with Crippen molar-refractivity contribution in [2.24, 2.45) is 5.92 Å². The van der Waals surface area contributed by atoms with Gasteiger partial charge in [-0.15, -0.1) is 0 Å². The van der Waals surface area contributed by atoms with Crippen molar-refractivity contribution < 1.29 is 14.6 Å². The van der Waals surface area contributed by atoms with Gasteiger partial charge in [0, 0.05) is 12.3 Å². The van der Waals surface area contributed by atoms with Gasteiger partial charge in [0.05, 0.1) is 13.2 Å². The van der Waals surface area contributed by atoms with E-state index in [0.29, 0.717) is 6.42 Å². The van der Waals surface area contributed by atoms with Crippen LogP contribution in [-0.2, 0) is 4.79 Å². The SMILES string of the molecule is COc1cc(C(O)C2CCCCC2=O)ccc1C. The Kier molecular flexibility index (Phi) is 4.02. The van der Waals surface area contributed by atoms with Crippen molar-refractivity contribution >= 4 is 5.78 Å². The number of carbonyl (C=O) groups excluding carboxylic acids is 1. The van der Waals surface area contributed by atoms with Crippen LogP contribution in [0.5, 0.6) is 5.75 Å². The molecule has 0 amide bonds. The third kappa shape index (κ3) is 2.56. The number of hydrogen-bond donors (Lipinski definition) is 1. The second-order valence-corrected chi connectivity index (χ2v) is 4.99. The van der Waals surface area contributed by atoms with E-state index in [2.05, 4.69) is 0 Å². The maximum Gasteiger partial charge on any atom is 0.138 e. The second-order valence-electron chi connectivity index (χ2n) is 4.99. The maximum absolute atomic E-state index is 11.8. The Labute approximate surface area is 108 Å². The Balaban J connectivity index is 2.22. The van der Waals surface area contributed by atoms with E-state index in [0.717, 1.165) is 36.1 Å². The van der Waals surface area contributed by atoms with E-state index in [1.54, 1.807) is 7.11 Å². The average Bonchev–Trinajstić information content (AvgIpc) is 2.39. The molecule has 1 aromatic rings. The number of carbonyl (C=O) groups is 1. The van der Waals surface area contributed by atoms with E-state index in [-0.39, 0.29) is 11.7 Å². The van der Waals surface area contributed by atoms with Gasteiger partial charge < -0.3 is 9.84 Å². The van der Waals surface area contributed by atoms with Gasteiger partial charge in [-0.25, -0.2) is 0 Å². The molecule has 2 rings (SSSR count). The minimum absolute atomic E-state index is 0.188. The van der Waals surface area contributed by atoms with Crippen molar-refractivity contribution in [1.29, 1.82) is 0 Å². The number of ether oxygens (including phenoxy) is 1. The Bertz CT molecular complexity index is 439. The minimum atomic E-state index is -0.702. The summed E-state index contributed by atoms with van der Waals surface area (Å²) in [5, 5.41) is 10.4. The first-order valence-corrected chi connectivity index (χ1v) is 6.49. The third-order valence-electron chi connectivity index (χ3n) is 3.76. The summed E-state index contributed by atoms with van der Waals surface area (Å²) in [5.41, 5.74) is 1.81. The van der Waals surface area contributed by atoms with Crippen molar-refractivity contribution in [3.63, 3.8) is 0 Å². The Morgan fingerprint density at radius 3 is 2.83 bits per heavy atom. The summed E-state index contributed by atoms with van der Waals surface area (Å²) in [6.45, 7) is 1.96. The molecule has 18 heavy (non-hydrogen) atoms. The fraction of sp³-hybridized carbons (Fsp3) is 0.533. The van der Waals surface area contributed by atoms with Gasteiger partial charge in [-0.05, 0) is 37.0 Å². The Hall–Kier alpha value is -1.35. The zero-order valence-electron chi connectivity index (χ0n) is 11.0. The number of Topliss-reactive ketones (excluding diaryl/α,β-unsaturated/α-hetero) is 1. The molecule has 2 unspecified atom stereocenters. The molecule has 2 atom stereocenters. The van der Waals surface area contributed by atoms with Gasteiger partial charge >= 0.3 is 0 Å². The van der Waals surface area contributed by atoms with Crippen LogP contribution in [0.2, 0.25) is 0 Å². The first-order valence-electron chi connectivity index (χ1n) is 6.49. The fourth-order valence-corrected chi connectivity index (χ4v) is 2.60. The summed E-state index contributed by atoms with van der Waals surface area (Å²) >= 11 is 0. The normalized spacial score (nSPS) is 21.7. The molecule has 0 heterocycles. The van der Waals surface area contributed by atoms with Crippen molar-refractivity contribution in [2.45, 2.75) is 38.7 Å². The van der Waals surface area contributed by atoms with Crippen molar-refractivity contribution in [1.82, 2.24) is 0 Å². The lowest BCUT2D eigenvalue weighted by atomic mass is 9.81. The lowest BCUT2D eigenvalue weighted by Crippen LogP contribution is -2.25. The molecule has 0 bridgehead atoms. The quantitative estimate of drug-likeness (QED) is 0.894. The van der Waals surface area contributed by atoms with Gasteiger partial charge in [-0.1, -0.05) is 18.6 Å². The van der Waals surface area contributed by atoms with Gasteiger partial charge in [0.1, 0.15) is 11.5 Å². The monoisotopic (exact) mass is 248 g/mol. The molecule has 1 fully saturated rings. The minimum Gasteiger partial charge on any atom is -0.496 e. The summed E-state index contributed by atoms with van der Waals surface area (Å²) < 4.78 is 5.25. The van der Waals surface area contributed by atoms with Crippen LogP contribution >= 0.6 is 0 Å². The molecule has 0 spiro atoms. The van der Waals surface area contributed by atoms with E-state index in [4.69, 9.17) is 4.74 Å². The van der Waals surface area contributed by atoms with Gasteiger partial charge in [0.15, 0.2) is 0 Å². The molecule has 3 heteroatoms. The van der Waals surface area contributed by atoms with Crippen molar-refractivity contribution in [2.75, 3.05) is 7.11 Å². The van der Waals surface area contributed by atoms with Crippen LogP contribution in [0.1, 0.15) is 42.9 Å². The molecule has 0 aliphatic heterocycles. The van der Waals surface area contributed by atoms with E-state index in [1.807, 2.05) is 25.1 Å². The number of hydrogen-bond acceptors (Lipinski definition) is 3. The number of rotatable bonds is 3. The average molecular weight is 248 g/mol. The van der Waals surface area contributed by atoms with Crippen LogP contribution in [0.3, 0.4) is 0 Å². The largest absolute Gasteiger partial charge is 0.496 e. The summed E-state index contributed by atoms with van der Waals surface area (Å²) in [5.74, 6) is 0.703. The lowest BCUT2D eigenvalue weighted by Gasteiger charge is -2.26. The Morgan fingerprint density at radius 1 is 1.39 bits per heavy atom. The van der Waals surface area contributed by atoms with Crippen LogP contribution in [0.4, 0.5) is 0 Å². The number of benzene rings is 1. The molecule has 0 radical (unpaired) electrons. The highest BCUT2D eigenvalue weighted by molar-refractivity contribution is 5.82. The number of aliphatic hydroxyl groups is 1. The summed E-state index contributed by atoms with van der Waals surface area (Å²) in [6.07, 6.45) is 2.67. The lowest BCUT2D eigenvalue weighted by molar-refractivity contribution is -0.128. The van der Waals surface area contributed by atoms with Crippen LogP contribution in [-0.4, -0.2) is 18.0 Å². The zero-order chi connectivity index (χ0) is 13.1. The first kappa shape index (κ1) is 13.1. The third-order valence-corrected chi connectivity index (χ3v) is 3.76. The summed E-state index contributed by atoms with van der Waals surface area (Å²) in [6, 6.07) is 5.64.